The third-order valence-electron chi connectivity index (χ3n) is 5.98. The molecule has 4 rings (SSSR count). The Morgan fingerprint density at radius 3 is 2.08 bits per heavy atom. The van der Waals surface area contributed by atoms with Gasteiger partial charge in [-0.15, -0.1) is 0 Å². The van der Waals surface area contributed by atoms with Crippen molar-refractivity contribution in [3.05, 3.63) is 89.0 Å². The van der Waals surface area contributed by atoms with Crippen LogP contribution in [0.1, 0.15) is 23.6 Å². The van der Waals surface area contributed by atoms with Gasteiger partial charge in [-0.3, -0.25) is 14.9 Å². The number of barbiturate groups is 1. The van der Waals surface area contributed by atoms with Crippen molar-refractivity contribution in [2.75, 3.05) is 37.9 Å². The molecule has 1 N–H and O–H groups in total. The molecule has 0 bridgehead atoms. The number of urea groups is 1. The van der Waals surface area contributed by atoms with E-state index in [4.69, 9.17) is 18.9 Å². The van der Waals surface area contributed by atoms with Crippen molar-refractivity contribution < 1.29 is 33.3 Å². The average Bonchev–Trinajstić information content (AvgIpc) is 2.93. The molecule has 40 heavy (non-hydrogen) atoms. The van der Waals surface area contributed by atoms with Crippen molar-refractivity contribution in [2.45, 2.75) is 20.8 Å². The van der Waals surface area contributed by atoms with Gasteiger partial charge in [0.25, 0.3) is 11.8 Å². The Labute approximate surface area is 233 Å². The van der Waals surface area contributed by atoms with Crippen LogP contribution < -0.4 is 24.4 Å². The number of hydrogen-bond acceptors (Lipinski definition) is 7. The van der Waals surface area contributed by atoms with Crippen molar-refractivity contribution >= 4 is 29.6 Å². The number of benzene rings is 3. The van der Waals surface area contributed by atoms with Gasteiger partial charge in [0.15, 0.2) is 11.5 Å². The maximum atomic E-state index is 13.2. The van der Waals surface area contributed by atoms with Gasteiger partial charge in [0, 0.05) is 0 Å². The van der Waals surface area contributed by atoms with E-state index in [1.807, 2.05) is 45.0 Å². The number of nitrogens with zero attached hydrogens (tertiary/aromatic N) is 1. The summed E-state index contributed by atoms with van der Waals surface area (Å²) in [5.41, 5.74) is 2.89. The first kappa shape index (κ1) is 28.4. The number of imide groups is 2. The number of rotatable bonds is 12. The van der Waals surface area contributed by atoms with Crippen LogP contribution in [-0.4, -0.2) is 50.9 Å². The van der Waals surface area contributed by atoms with Gasteiger partial charge in [0.1, 0.15) is 24.5 Å². The van der Waals surface area contributed by atoms with Gasteiger partial charge in [0.2, 0.25) is 0 Å². The summed E-state index contributed by atoms with van der Waals surface area (Å²) in [4.78, 5) is 39.1. The Morgan fingerprint density at radius 2 is 1.40 bits per heavy atom. The first-order valence-corrected chi connectivity index (χ1v) is 13.0. The first-order chi connectivity index (χ1) is 19.4. The molecule has 4 amide bonds. The summed E-state index contributed by atoms with van der Waals surface area (Å²) in [7, 11) is 0. The van der Waals surface area contributed by atoms with Gasteiger partial charge in [-0.05, 0) is 68.8 Å². The number of anilines is 1. The Bertz CT molecular complexity index is 1380. The lowest BCUT2D eigenvalue weighted by atomic mass is 10.1. The summed E-state index contributed by atoms with van der Waals surface area (Å²) in [5, 5.41) is 2.23. The highest BCUT2D eigenvalue weighted by atomic mass is 16.6. The minimum absolute atomic E-state index is 0.169. The fourth-order valence-electron chi connectivity index (χ4n) is 3.92. The van der Waals surface area contributed by atoms with Gasteiger partial charge in [-0.1, -0.05) is 41.5 Å². The zero-order valence-corrected chi connectivity index (χ0v) is 22.8. The molecule has 0 saturated carbocycles. The summed E-state index contributed by atoms with van der Waals surface area (Å²) in [5.74, 6) is 0.275. The van der Waals surface area contributed by atoms with E-state index in [-0.39, 0.29) is 5.57 Å². The monoisotopic (exact) mass is 544 g/mol. The lowest BCUT2D eigenvalue weighted by Crippen LogP contribution is -2.54. The van der Waals surface area contributed by atoms with Crippen LogP contribution in [0.5, 0.6) is 17.2 Å². The lowest BCUT2D eigenvalue weighted by Gasteiger charge is -2.26. The van der Waals surface area contributed by atoms with Crippen LogP contribution in [0, 0.1) is 13.8 Å². The van der Waals surface area contributed by atoms with Crippen LogP contribution in [0.25, 0.3) is 6.08 Å². The van der Waals surface area contributed by atoms with Crippen LogP contribution in [0.2, 0.25) is 0 Å². The van der Waals surface area contributed by atoms with Crippen LogP contribution in [0.15, 0.2) is 72.3 Å². The van der Waals surface area contributed by atoms with E-state index in [1.54, 1.807) is 42.5 Å². The molecule has 1 fully saturated rings. The van der Waals surface area contributed by atoms with Crippen LogP contribution in [-0.2, 0) is 14.3 Å². The Hall–Kier alpha value is -4.63. The predicted molar refractivity (Wildman–Crippen MR) is 151 cm³/mol. The van der Waals surface area contributed by atoms with Crippen LogP contribution >= 0.6 is 0 Å². The second-order valence-electron chi connectivity index (χ2n) is 9.05. The smallest absolute Gasteiger partial charge is 0.335 e. The molecule has 0 spiro atoms. The summed E-state index contributed by atoms with van der Waals surface area (Å²) in [6.45, 7) is 7.64. The molecule has 9 heteroatoms. The van der Waals surface area contributed by atoms with E-state index in [2.05, 4.69) is 5.32 Å². The Balaban J connectivity index is 1.36. The second-order valence-corrected chi connectivity index (χ2v) is 9.05. The topological polar surface area (TPSA) is 103 Å². The van der Waals surface area contributed by atoms with Crippen molar-refractivity contribution in [1.82, 2.24) is 5.32 Å². The van der Waals surface area contributed by atoms with E-state index >= 15 is 0 Å². The summed E-state index contributed by atoms with van der Waals surface area (Å²) in [6, 6.07) is 19.0. The third-order valence-corrected chi connectivity index (χ3v) is 5.98. The standard InChI is InChI=1S/C31H32N2O7/c1-4-38-28-20-23(9-14-27(28)40-18-16-37-15-17-39-25-12-7-22(3)8-13-25)19-26-29(34)32-31(36)33(30(26)35)24-10-5-21(2)6-11-24/h5-14,19-20H,4,15-18H2,1-3H3,(H,32,34,36)/b26-19+. The third kappa shape index (κ3) is 7.27. The van der Waals surface area contributed by atoms with Gasteiger partial charge < -0.3 is 18.9 Å². The van der Waals surface area contributed by atoms with Gasteiger partial charge in [-0.2, -0.15) is 0 Å². The zero-order chi connectivity index (χ0) is 28.5. The minimum Gasteiger partial charge on any atom is -0.491 e. The van der Waals surface area contributed by atoms with E-state index in [0.29, 0.717) is 55.8 Å². The predicted octanol–water partition coefficient (Wildman–Crippen LogP) is 4.84. The molecule has 1 saturated heterocycles. The Morgan fingerprint density at radius 1 is 0.750 bits per heavy atom. The number of hydrogen-bond donors (Lipinski definition) is 1. The molecule has 1 aliphatic rings. The summed E-state index contributed by atoms with van der Waals surface area (Å²) >= 11 is 0. The molecule has 0 aliphatic carbocycles. The van der Waals surface area contributed by atoms with E-state index in [1.165, 1.54) is 11.6 Å². The molecule has 208 valence electrons. The van der Waals surface area contributed by atoms with Crippen LogP contribution in [0.4, 0.5) is 10.5 Å². The molecule has 9 nitrogen and oxygen atoms in total. The maximum absolute atomic E-state index is 13.2. The first-order valence-electron chi connectivity index (χ1n) is 13.0. The van der Waals surface area contributed by atoms with Crippen molar-refractivity contribution in [2.24, 2.45) is 0 Å². The van der Waals surface area contributed by atoms with Crippen molar-refractivity contribution in [3.8, 4) is 17.2 Å². The fourth-order valence-corrected chi connectivity index (χ4v) is 3.92. The molecular formula is C31H32N2O7. The number of nitrogens with one attached hydrogen (secondary N) is 1. The second kappa shape index (κ2) is 13.4. The maximum Gasteiger partial charge on any atom is 0.335 e. The zero-order valence-electron chi connectivity index (χ0n) is 22.8. The summed E-state index contributed by atoms with van der Waals surface area (Å²) in [6.07, 6.45) is 1.43. The number of ether oxygens (including phenoxy) is 4. The lowest BCUT2D eigenvalue weighted by molar-refractivity contribution is -0.122. The molecule has 0 atom stereocenters. The van der Waals surface area contributed by atoms with Crippen LogP contribution in [0.3, 0.4) is 0 Å². The molecule has 3 aromatic carbocycles. The normalized spacial score (nSPS) is 14.3. The van der Waals surface area contributed by atoms with Crippen molar-refractivity contribution in [3.63, 3.8) is 0 Å². The highest BCUT2D eigenvalue weighted by molar-refractivity contribution is 6.39. The SMILES string of the molecule is CCOc1cc(/C=C2\C(=O)NC(=O)N(c3ccc(C)cc3)C2=O)ccc1OCCOCCOc1ccc(C)cc1. The fraction of sp³-hybridized carbons (Fsp3) is 0.258. The summed E-state index contributed by atoms with van der Waals surface area (Å²) < 4.78 is 22.8. The molecule has 1 aliphatic heterocycles. The van der Waals surface area contributed by atoms with Gasteiger partial charge >= 0.3 is 6.03 Å². The molecule has 1 heterocycles. The number of amides is 4. The van der Waals surface area contributed by atoms with Crippen molar-refractivity contribution in [1.29, 1.82) is 0 Å². The van der Waals surface area contributed by atoms with Gasteiger partial charge in [0.05, 0.1) is 25.5 Å². The largest absolute Gasteiger partial charge is 0.491 e. The molecular weight excluding hydrogens is 512 g/mol. The number of carbonyl (C=O) groups is 3. The number of aryl methyl sites for hydroxylation is 2. The quantitative estimate of drug-likeness (QED) is 0.198. The Kier molecular flexibility index (Phi) is 9.53. The molecule has 0 unspecified atom stereocenters. The molecule has 3 aromatic rings. The highest BCUT2D eigenvalue weighted by Crippen LogP contribution is 2.30. The molecule has 0 radical (unpaired) electrons. The molecule has 0 aromatic heterocycles. The van der Waals surface area contributed by atoms with E-state index in [9.17, 15) is 14.4 Å². The average molecular weight is 545 g/mol. The minimum atomic E-state index is -0.793. The van der Waals surface area contributed by atoms with Gasteiger partial charge in [-0.25, -0.2) is 9.69 Å². The number of carbonyl (C=O) groups excluding carboxylic acids is 3. The van der Waals surface area contributed by atoms with E-state index < -0.39 is 17.8 Å². The highest BCUT2D eigenvalue weighted by Gasteiger charge is 2.36. The van der Waals surface area contributed by atoms with E-state index in [0.717, 1.165) is 16.2 Å².